The molecule has 2 heterocycles. The van der Waals surface area contributed by atoms with E-state index in [1.165, 1.54) is 12.3 Å². The number of aromatic nitrogens is 3. The second kappa shape index (κ2) is 6.36. The molecule has 1 aromatic carbocycles. The van der Waals surface area contributed by atoms with Gasteiger partial charge in [0.1, 0.15) is 17.6 Å². The first-order valence-electron chi connectivity index (χ1n) is 6.50. The Morgan fingerprint density at radius 3 is 2.83 bits per heavy atom. The molecule has 0 saturated carbocycles. The summed E-state index contributed by atoms with van der Waals surface area (Å²) in [6, 6.07) is 8.25. The second-order valence-corrected chi connectivity index (χ2v) is 5.37. The number of hydrogen-bond donors (Lipinski definition) is 1. The molecule has 1 N–H and O–H groups in total. The first kappa shape index (κ1) is 15.5. The number of hydrogen-bond acceptors (Lipinski definition) is 5. The summed E-state index contributed by atoms with van der Waals surface area (Å²) in [6.45, 7) is -0.181. The van der Waals surface area contributed by atoms with E-state index in [1.54, 1.807) is 24.3 Å². The number of aromatic amines is 1. The summed E-state index contributed by atoms with van der Waals surface area (Å²) in [5.41, 5.74) is 0.388. The summed E-state index contributed by atoms with van der Waals surface area (Å²) in [6.07, 6.45) is 1.26. The van der Waals surface area contributed by atoms with Crippen LogP contribution in [0.2, 0.25) is 10.2 Å². The highest BCUT2D eigenvalue weighted by Crippen LogP contribution is 2.20. The van der Waals surface area contributed by atoms with Crippen molar-refractivity contribution >= 4 is 40.1 Å². The number of esters is 1. The minimum absolute atomic E-state index is 0.101. The van der Waals surface area contributed by atoms with Crippen molar-refractivity contribution < 1.29 is 9.53 Å². The Kier molecular flexibility index (Phi) is 4.27. The maximum atomic E-state index is 11.9. The normalized spacial score (nSPS) is 10.7. The van der Waals surface area contributed by atoms with Crippen molar-refractivity contribution in [3.05, 3.63) is 68.4 Å². The predicted molar refractivity (Wildman–Crippen MR) is 85.7 cm³/mol. The highest BCUT2D eigenvalue weighted by Gasteiger charge is 2.12. The third-order valence-corrected chi connectivity index (χ3v) is 3.72. The average Bonchev–Trinajstić information content (AvgIpc) is 2.55. The quantitative estimate of drug-likeness (QED) is 0.580. The van der Waals surface area contributed by atoms with E-state index >= 15 is 0 Å². The van der Waals surface area contributed by atoms with Crippen LogP contribution >= 0.6 is 23.2 Å². The lowest BCUT2D eigenvalue weighted by atomic mass is 10.2. The van der Waals surface area contributed by atoms with Crippen molar-refractivity contribution in [3.8, 4) is 0 Å². The van der Waals surface area contributed by atoms with Crippen LogP contribution in [0.15, 0.2) is 41.3 Å². The molecule has 0 fully saturated rings. The smallest absolute Gasteiger partial charge is 0.340 e. The van der Waals surface area contributed by atoms with E-state index in [-0.39, 0.29) is 33.7 Å². The van der Waals surface area contributed by atoms with E-state index in [9.17, 15) is 9.59 Å². The Hall–Kier alpha value is -2.44. The number of rotatable bonds is 3. The van der Waals surface area contributed by atoms with Gasteiger partial charge < -0.3 is 9.72 Å². The standard InChI is InChI=1S/C15H9Cl2N3O3/c16-10-5-8(6-18-13(10)17)15(22)23-7-12-19-11-4-2-1-3-9(11)14(21)20-12/h1-6H,7H2,(H,19,20,21). The van der Waals surface area contributed by atoms with Gasteiger partial charge in [0.15, 0.2) is 0 Å². The summed E-state index contributed by atoms with van der Waals surface area (Å²) < 4.78 is 5.10. The van der Waals surface area contributed by atoms with Gasteiger partial charge in [0.2, 0.25) is 0 Å². The highest BCUT2D eigenvalue weighted by molar-refractivity contribution is 6.41. The van der Waals surface area contributed by atoms with Crippen LogP contribution in [0.3, 0.4) is 0 Å². The van der Waals surface area contributed by atoms with Gasteiger partial charge in [-0.15, -0.1) is 0 Å². The summed E-state index contributed by atoms with van der Waals surface area (Å²) in [7, 11) is 0. The van der Waals surface area contributed by atoms with Gasteiger partial charge in [0.25, 0.3) is 5.56 Å². The van der Waals surface area contributed by atoms with Crippen LogP contribution in [0.5, 0.6) is 0 Å². The fourth-order valence-corrected chi connectivity index (χ4v) is 2.22. The lowest BCUT2D eigenvalue weighted by molar-refractivity contribution is 0.0462. The number of halogens is 2. The average molecular weight is 350 g/mol. The Bertz CT molecular complexity index is 956. The Labute approximate surface area is 140 Å². The number of fused-ring (bicyclic) bond motifs is 1. The molecule has 2 aromatic heterocycles. The Morgan fingerprint density at radius 1 is 1.26 bits per heavy atom. The number of pyridine rings is 1. The van der Waals surface area contributed by atoms with Gasteiger partial charge >= 0.3 is 5.97 Å². The van der Waals surface area contributed by atoms with Gasteiger partial charge in [-0.2, -0.15) is 0 Å². The number of para-hydroxylation sites is 1. The number of carbonyl (C=O) groups excluding carboxylic acids is 1. The van der Waals surface area contributed by atoms with E-state index in [0.717, 1.165) is 0 Å². The van der Waals surface area contributed by atoms with Crippen LogP contribution in [0.25, 0.3) is 10.9 Å². The second-order valence-electron chi connectivity index (χ2n) is 4.60. The number of nitrogens with zero attached hydrogens (tertiary/aromatic N) is 2. The number of ether oxygens (including phenoxy) is 1. The summed E-state index contributed by atoms with van der Waals surface area (Å²) >= 11 is 11.5. The van der Waals surface area contributed by atoms with Crippen molar-refractivity contribution in [2.45, 2.75) is 6.61 Å². The van der Waals surface area contributed by atoms with E-state index < -0.39 is 5.97 Å². The van der Waals surface area contributed by atoms with E-state index in [2.05, 4.69) is 15.0 Å². The van der Waals surface area contributed by atoms with Crippen molar-refractivity contribution in [1.29, 1.82) is 0 Å². The molecule has 3 rings (SSSR count). The summed E-state index contributed by atoms with van der Waals surface area (Å²) in [5.74, 6) is -0.401. The number of benzene rings is 1. The van der Waals surface area contributed by atoms with Crippen LogP contribution in [0.1, 0.15) is 16.2 Å². The number of H-pyrrole nitrogens is 1. The minimum Gasteiger partial charge on any atom is -0.454 e. The molecule has 23 heavy (non-hydrogen) atoms. The van der Waals surface area contributed by atoms with Crippen LogP contribution in [-0.2, 0) is 11.3 Å². The molecular formula is C15H9Cl2N3O3. The van der Waals surface area contributed by atoms with Gasteiger partial charge in [0, 0.05) is 6.20 Å². The van der Waals surface area contributed by atoms with Crippen molar-refractivity contribution in [2.24, 2.45) is 0 Å². The predicted octanol–water partition coefficient (Wildman–Crippen LogP) is 2.98. The van der Waals surface area contributed by atoms with Crippen molar-refractivity contribution in [1.82, 2.24) is 15.0 Å². The molecule has 0 aliphatic rings. The van der Waals surface area contributed by atoms with Gasteiger partial charge in [0.05, 0.1) is 21.5 Å². The van der Waals surface area contributed by atoms with Crippen LogP contribution < -0.4 is 5.56 Å². The van der Waals surface area contributed by atoms with Gasteiger partial charge in [-0.3, -0.25) is 4.79 Å². The van der Waals surface area contributed by atoms with E-state index in [0.29, 0.717) is 10.9 Å². The maximum Gasteiger partial charge on any atom is 0.340 e. The largest absolute Gasteiger partial charge is 0.454 e. The zero-order valence-corrected chi connectivity index (χ0v) is 13.1. The molecule has 0 aliphatic heterocycles. The zero-order chi connectivity index (χ0) is 16.4. The molecule has 0 unspecified atom stereocenters. The lowest BCUT2D eigenvalue weighted by Gasteiger charge is -2.06. The molecule has 0 bridgehead atoms. The minimum atomic E-state index is -0.646. The topological polar surface area (TPSA) is 84.9 Å². The number of nitrogens with one attached hydrogen (secondary N) is 1. The molecule has 3 aromatic rings. The van der Waals surface area contributed by atoms with Gasteiger partial charge in [-0.25, -0.2) is 14.8 Å². The third-order valence-electron chi connectivity index (χ3n) is 3.03. The fraction of sp³-hybridized carbons (Fsp3) is 0.0667. The molecule has 0 saturated heterocycles. The first-order valence-corrected chi connectivity index (χ1v) is 7.26. The molecular weight excluding hydrogens is 341 g/mol. The van der Waals surface area contributed by atoms with Crippen LogP contribution in [-0.4, -0.2) is 20.9 Å². The molecule has 0 atom stereocenters. The molecule has 6 nitrogen and oxygen atoms in total. The molecule has 8 heteroatoms. The Morgan fingerprint density at radius 2 is 2.04 bits per heavy atom. The third kappa shape index (κ3) is 3.33. The molecule has 0 spiro atoms. The van der Waals surface area contributed by atoms with Crippen LogP contribution in [0, 0.1) is 0 Å². The molecule has 0 amide bonds. The maximum absolute atomic E-state index is 11.9. The molecule has 0 aliphatic carbocycles. The van der Waals surface area contributed by atoms with Gasteiger partial charge in [-0.05, 0) is 18.2 Å². The number of carbonyl (C=O) groups is 1. The SMILES string of the molecule is O=C(OCc1nc2ccccc2c(=O)[nH]1)c1cnc(Cl)c(Cl)c1. The van der Waals surface area contributed by atoms with E-state index in [1.807, 2.05) is 0 Å². The van der Waals surface area contributed by atoms with E-state index in [4.69, 9.17) is 27.9 Å². The van der Waals surface area contributed by atoms with Crippen molar-refractivity contribution in [2.75, 3.05) is 0 Å². The van der Waals surface area contributed by atoms with Crippen LogP contribution in [0.4, 0.5) is 0 Å². The first-order chi connectivity index (χ1) is 11.0. The van der Waals surface area contributed by atoms with Crippen molar-refractivity contribution in [3.63, 3.8) is 0 Å². The zero-order valence-electron chi connectivity index (χ0n) is 11.5. The fourth-order valence-electron chi connectivity index (χ4n) is 1.95. The molecule has 0 radical (unpaired) electrons. The monoisotopic (exact) mass is 349 g/mol. The van der Waals surface area contributed by atoms with Gasteiger partial charge in [-0.1, -0.05) is 35.3 Å². The Balaban J connectivity index is 1.79. The summed E-state index contributed by atoms with van der Waals surface area (Å²) in [5, 5.41) is 0.721. The molecule has 116 valence electrons. The lowest BCUT2D eigenvalue weighted by Crippen LogP contribution is -2.14. The summed E-state index contributed by atoms with van der Waals surface area (Å²) in [4.78, 5) is 34.4. The highest BCUT2D eigenvalue weighted by atomic mass is 35.5.